The Bertz CT molecular complexity index is 1630. The summed E-state index contributed by atoms with van der Waals surface area (Å²) in [7, 11) is -10.7. The Hall–Kier alpha value is -3.01. The van der Waals surface area contributed by atoms with Gasteiger partial charge < -0.3 is 51.2 Å². The number of pyridine rings is 1. The van der Waals surface area contributed by atoms with E-state index in [4.69, 9.17) is 25.5 Å². The molecule has 10 atom stereocenters. The summed E-state index contributed by atoms with van der Waals surface area (Å²) in [6, 6.07) is 2.84. The number of ether oxygens (including phenoxy) is 2. The summed E-state index contributed by atoms with van der Waals surface area (Å²) in [4.78, 5) is 42.1. The Kier molecular flexibility index (Phi) is 9.13. The van der Waals surface area contributed by atoms with Gasteiger partial charge in [0.15, 0.2) is 37.0 Å². The quantitative estimate of drug-likeness (QED) is 0.0705. The number of carbonyl (C=O) groups excluding carboxylic acids is 1. The molecule has 44 heavy (non-hydrogen) atoms. The summed E-state index contributed by atoms with van der Waals surface area (Å²) >= 11 is 0. The van der Waals surface area contributed by atoms with Crippen molar-refractivity contribution < 1.29 is 76.1 Å². The average molecular weight is 665 g/mol. The first-order valence-corrected chi connectivity index (χ1v) is 15.6. The smallest absolute Gasteiger partial charge is 0.387 e. The van der Waals surface area contributed by atoms with Crippen molar-refractivity contribution in [1.29, 1.82) is 0 Å². The van der Waals surface area contributed by atoms with E-state index in [-0.39, 0.29) is 17.0 Å². The molecule has 0 radical (unpaired) electrons. The maximum absolute atomic E-state index is 12.4. The topological polar surface area (TPSA) is 320 Å². The van der Waals surface area contributed by atoms with Crippen molar-refractivity contribution in [2.24, 2.45) is 5.73 Å². The van der Waals surface area contributed by atoms with E-state index in [1.54, 1.807) is 0 Å². The lowest BCUT2D eigenvalue weighted by Crippen LogP contribution is -2.46. The monoisotopic (exact) mass is 665 g/mol. The fourth-order valence-corrected chi connectivity index (χ4v) is 6.72. The van der Waals surface area contributed by atoms with Crippen LogP contribution in [-0.4, -0.2) is 101 Å². The number of fused-ring (bicyclic) bond motifs is 1. The highest BCUT2D eigenvalue weighted by Gasteiger charge is 2.50. The van der Waals surface area contributed by atoms with Crippen molar-refractivity contribution >= 4 is 38.5 Å². The fraction of sp³-hybridized carbons (Fsp3) is 0.476. The zero-order valence-electron chi connectivity index (χ0n) is 22.3. The molecule has 21 nitrogen and oxygen atoms in total. The van der Waals surface area contributed by atoms with Crippen molar-refractivity contribution in [3.63, 3.8) is 0 Å². The van der Waals surface area contributed by atoms with Crippen LogP contribution in [0.2, 0.25) is 0 Å². The van der Waals surface area contributed by atoms with E-state index in [0.29, 0.717) is 5.52 Å². The number of anilines is 1. The third-order valence-electron chi connectivity index (χ3n) is 6.81. The minimum atomic E-state index is -5.36. The number of H-pyrrole nitrogens is 1. The summed E-state index contributed by atoms with van der Waals surface area (Å²) < 4.78 is 52.1. The number of nitrogens with one attached hydrogen (secondary N) is 1. The lowest BCUT2D eigenvalue weighted by atomic mass is 10.1. The lowest BCUT2D eigenvalue weighted by molar-refractivity contribution is -0.765. The number of phosphoric ester groups is 2. The number of carbonyl (C=O) groups is 1. The first-order chi connectivity index (χ1) is 20.7. The lowest BCUT2D eigenvalue weighted by Gasteiger charge is -2.20. The van der Waals surface area contributed by atoms with E-state index < -0.39 is 83.8 Å². The van der Waals surface area contributed by atoms with E-state index in [9.17, 15) is 44.1 Å². The van der Waals surface area contributed by atoms with Gasteiger partial charge in [-0.15, -0.1) is 0 Å². The van der Waals surface area contributed by atoms with Crippen molar-refractivity contribution in [3.05, 3.63) is 42.7 Å². The van der Waals surface area contributed by atoms with Gasteiger partial charge in [0, 0.05) is 6.07 Å². The maximum Gasteiger partial charge on any atom is 0.481 e. The molecular weight excluding hydrogens is 636 g/mol. The van der Waals surface area contributed by atoms with E-state index >= 15 is 0 Å². The van der Waals surface area contributed by atoms with Crippen LogP contribution in [0.4, 0.5) is 5.82 Å². The molecule has 11 N–H and O–H groups in total. The number of hydrogen-bond acceptors (Lipinski definition) is 15. The number of nitrogens with two attached hydrogens (primary N) is 2. The summed E-state index contributed by atoms with van der Waals surface area (Å²) in [5.74, 6) is -0.658. The predicted octanol–water partition coefficient (Wildman–Crippen LogP) is -3.60. The van der Waals surface area contributed by atoms with Crippen LogP contribution in [0.1, 0.15) is 22.8 Å². The maximum atomic E-state index is 12.4. The molecule has 2 aliphatic heterocycles. The number of hydrogen-bond donors (Lipinski definition) is 9. The Balaban J connectivity index is 1.16. The van der Waals surface area contributed by atoms with Gasteiger partial charge in [0.2, 0.25) is 11.7 Å². The molecule has 1 amide bonds. The van der Waals surface area contributed by atoms with Crippen LogP contribution < -0.4 is 20.6 Å². The number of aromatic nitrogens is 5. The third kappa shape index (κ3) is 6.65. The van der Waals surface area contributed by atoms with Crippen molar-refractivity contribution in [2.45, 2.75) is 49.1 Å². The Morgan fingerprint density at radius 3 is 2.18 bits per heavy atom. The Labute approximate surface area is 246 Å². The van der Waals surface area contributed by atoms with Gasteiger partial charge in [-0.3, -0.25) is 18.8 Å². The number of aliphatic hydroxyl groups excluding tert-OH is 4. The molecule has 240 valence electrons. The number of phosphoric acid groups is 2. The number of imidazole rings is 1. The summed E-state index contributed by atoms with van der Waals surface area (Å²) in [5.41, 5.74) is 11.6. The van der Waals surface area contributed by atoms with Gasteiger partial charge in [-0.1, -0.05) is 4.98 Å². The van der Waals surface area contributed by atoms with E-state index in [2.05, 4.69) is 23.8 Å². The van der Waals surface area contributed by atoms with Crippen LogP contribution in [0.3, 0.4) is 0 Å². The molecule has 3 aromatic heterocycles. The van der Waals surface area contributed by atoms with Gasteiger partial charge >= 0.3 is 21.3 Å². The number of amides is 1. The van der Waals surface area contributed by atoms with Crippen molar-refractivity contribution in [2.75, 3.05) is 18.9 Å². The van der Waals surface area contributed by atoms with Crippen LogP contribution in [0.25, 0.3) is 11.2 Å². The molecule has 0 spiro atoms. The number of aromatic amines is 1. The molecule has 5 rings (SSSR count). The Morgan fingerprint density at radius 1 is 0.977 bits per heavy atom. The van der Waals surface area contributed by atoms with Gasteiger partial charge in [0.05, 0.1) is 13.2 Å². The van der Waals surface area contributed by atoms with Crippen LogP contribution in [0.5, 0.6) is 0 Å². The molecule has 0 aliphatic carbocycles. The van der Waals surface area contributed by atoms with Crippen LogP contribution in [-0.2, 0) is 32.0 Å². The second-order valence-electron chi connectivity index (χ2n) is 9.75. The third-order valence-corrected chi connectivity index (χ3v) is 9.41. The number of rotatable bonds is 11. The minimum absolute atomic E-state index is 0.0708. The van der Waals surface area contributed by atoms with Gasteiger partial charge in [-0.2, -0.15) is 13.9 Å². The van der Waals surface area contributed by atoms with Crippen molar-refractivity contribution in [1.82, 2.24) is 15.0 Å². The van der Waals surface area contributed by atoms with Gasteiger partial charge in [-0.05, 0) is 6.07 Å². The molecule has 0 saturated carbocycles. The average Bonchev–Trinajstić information content (AvgIpc) is 3.61. The summed E-state index contributed by atoms with van der Waals surface area (Å²) in [5, 5.41) is 41.6. The number of aliphatic hydroxyl groups is 4. The molecule has 2 unspecified atom stereocenters. The van der Waals surface area contributed by atoms with E-state index in [1.807, 2.05) is 0 Å². The SMILES string of the molecule is NC(=O)c1ccc[n+]([C@@H]2O[C@H](COP(=O)(O)OP(=O)(O)OC[C@H]3O[C@@H]([n+]4c[nH]c5c(N)ncnc54)[C@H](O)[C@@H]3O)[C@@H](O)[C@H]2O)c1. The second kappa shape index (κ2) is 12.4. The zero-order chi connectivity index (χ0) is 32.0. The molecular formula is C21H29N7O14P2+2. The first-order valence-electron chi connectivity index (χ1n) is 12.7. The largest absolute Gasteiger partial charge is 0.481 e. The molecule has 0 aromatic carbocycles. The molecule has 5 heterocycles. The van der Waals surface area contributed by atoms with E-state index in [1.165, 1.54) is 40.0 Å². The minimum Gasteiger partial charge on any atom is -0.387 e. The van der Waals surface area contributed by atoms with Crippen molar-refractivity contribution in [3.8, 4) is 0 Å². The van der Waals surface area contributed by atoms with Crippen LogP contribution >= 0.6 is 15.6 Å². The van der Waals surface area contributed by atoms with Gasteiger partial charge in [-0.25, -0.2) is 13.7 Å². The molecule has 2 fully saturated rings. The number of nitrogens with zero attached hydrogens (tertiary/aromatic N) is 4. The molecule has 2 aliphatic rings. The molecule has 0 bridgehead atoms. The number of nitrogen functional groups attached to an aromatic ring is 1. The normalized spacial score (nSPS) is 31.6. The fourth-order valence-electron chi connectivity index (χ4n) is 4.63. The second-order valence-corrected chi connectivity index (χ2v) is 12.8. The molecule has 3 aromatic rings. The highest BCUT2D eigenvalue weighted by atomic mass is 31.3. The summed E-state index contributed by atoms with van der Waals surface area (Å²) in [6.45, 7) is -1.78. The highest BCUT2D eigenvalue weighted by Crippen LogP contribution is 2.60. The standard InChI is InChI=1S/C21H27N7O14P2/c22-17-12-19(25-7-24-17)28(8-26-12)21-16(32)14(30)11(41-21)6-39-44(36,37)42-43(34,35)38-5-10-13(29)15(31)20(40-10)27-3-1-2-9(4-27)18(23)33/h1-4,7-8,10-11,13-16,20-21,29-32H,5-6H2,(H5-,22,23,24,25,33,34,35,36,37)/p+2/t10-,11-,13-,14-,15-,16-,20-,21-/m1/s1. The highest BCUT2D eigenvalue weighted by molar-refractivity contribution is 7.61. The predicted molar refractivity (Wildman–Crippen MR) is 138 cm³/mol. The molecule has 23 heteroatoms. The van der Waals surface area contributed by atoms with Gasteiger partial charge in [0.25, 0.3) is 12.1 Å². The first kappa shape index (κ1) is 32.4. The van der Waals surface area contributed by atoms with Gasteiger partial charge in [0.1, 0.15) is 36.1 Å². The van der Waals surface area contributed by atoms with Crippen LogP contribution in [0.15, 0.2) is 37.2 Å². The zero-order valence-corrected chi connectivity index (χ0v) is 24.1. The summed E-state index contributed by atoms with van der Waals surface area (Å²) in [6.07, 6.45) is -6.61. The molecule has 2 saturated heterocycles. The Morgan fingerprint density at radius 2 is 1.57 bits per heavy atom. The van der Waals surface area contributed by atoms with E-state index in [0.717, 1.165) is 6.33 Å². The van der Waals surface area contributed by atoms with Crippen LogP contribution in [0, 0.1) is 0 Å². The number of primary amides is 1.